The van der Waals surface area contributed by atoms with Crippen molar-refractivity contribution < 1.29 is 5.11 Å². The third-order valence-electron chi connectivity index (χ3n) is 4.13. The third-order valence-corrected chi connectivity index (χ3v) is 4.36. The smallest absolute Gasteiger partial charge is 0.148 e. The molecule has 0 aliphatic carbocycles. The van der Waals surface area contributed by atoms with Gasteiger partial charge in [-0.15, -0.1) is 0 Å². The lowest BCUT2D eigenvalue weighted by atomic mass is 10.00. The molecule has 1 unspecified atom stereocenters. The van der Waals surface area contributed by atoms with Crippen LogP contribution in [-0.4, -0.2) is 34.3 Å². The standard InChI is InChI=1S/C17H20ClN3O/c18-14-5-3-4-13(10-14)16-11-19-12-17(20-16)21-8-2-1-6-15(21)7-9-22/h3-5,10-12,15,22H,1-2,6-9H2. The van der Waals surface area contributed by atoms with Gasteiger partial charge in [-0.1, -0.05) is 23.7 Å². The summed E-state index contributed by atoms with van der Waals surface area (Å²) in [5.74, 6) is 0.885. The van der Waals surface area contributed by atoms with Gasteiger partial charge in [-0.2, -0.15) is 0 Å². The minimum atomic E-state index is 0.211. The van der Waals surface area contributed by atoms with Crippen LogP contribution in [0.25, 0.3) is 11.3 Å². The predicted molar refractivity (Wildman–Crippen MR) is 89.2 cm³/mol. The molecule has 22 heavy (non-hydrogen) atoms. The molecule has 0 spiro atoms. The SMILES string of the molecule is OCCC1CCCCN1c1cncc(-c2cccc(Cl)c2)n1. The monoisotopic (exact) mass is 317 g/mol. The van der Waals surface area contributed by atoms with Crippen LogP contribution >= 0.6 is 11.6 Å². The van der Waals surface area contributed by atoms with Gasteiger partial charge in [-0.05, 0) is 37.8 Å². The third kappa shape index (κ3) is 3.39. The van der Waals surface area contributed by atoms with Crippen LogP contribution in [0.2, 0.25) is 5.02 Å². The predicted octanol–water partition coefficient (Wildman–Crippen LogP) is 3.54. The van der Waals surface area contributed by atoms with E-state index in [1.54, 1.807) is 6.20 Å². The highest BCUT2D eigenvalue weighted by atomic mass is 35.5. The molecule has 1 aromatic heterocycles. The number of aromatic nitrogens is 2. The maximum absolute atomic E-state index is 9.27. The molecule has 2 aromatic rings. The highest BCUT2D eigenvalue weighted by Crippen LogP contribution is 2.27. The van der Waals surface area contributed by atoms with E-state index in [4.69, 9.17) is 16.6 Å². The van der Waals surface area contributed by atoms with E-state index in [9.17, 15) is 5.11 Å². The molecule has 0 radical (unpaired) electrons. The van der Waals surface area contributed by atoms with Crippen LogP contribution in [0.5, 0.6) is 0 Å². The highest BCUT2D eigenvalue weighted by molar-refractivity contribution is 6.30. The summed E-state index contributed by atoms with van der Waals surface area (Å²) in [6.45, 7) is 1.18. The van der Waals surface area contributed by atoms with Gasteiger partial charge >= 0.3 is 0 Å². The first-order valence-corrected chi connectivity index (χ1v) is 8.11. The zero-order chi connectivity index (χ0) is 15.4. The Morgan fingerprint density at radius 2 is 2.18 bits per heavy atom. The highest BCUT2D eigenvalue weighted by Gasteiger charge is 2.23. The van der Waals surface area contributed by atoms with Gasteiger partial charge in [0.25, 0.3) is 0 Å². The summed E-state index contributed by atoms with van der Waals surface area (Å²) in [5.41, 5.74) is 1.80. The van der Waals surface area contributed by atoms with Crippen LogP contribution in [0.15, 0.2) is 36.7 Å². The summed E-state index contributed by atoms with van der Waals surface area (Å²) in [6, 6.07) is 8.01. The molecule has 4 nitrogen and oxygen atoms in total. The number of aliphatic hydroxyl groups is 1. The van der Waals surface area contributed by atoms with E-state index in [0.717, 1.165) is 42.9 Å². The number of rotatable bonds is 4. The van der Waals surface area contributed by atoms with E-state index in [2.05, 4.69) is 9.88 Å². The molecule has 3 rings (SSSR count). The quantitative estimate of drug-likeness (QED) is 0.937. The van der Waals surface area contributed by atoms with Gasteiger partial charge in [0.1, 0.15) is 5.82 Å². The molecule has 1 saturated heterocycles. The molecular formula is C17H20ClN3O. The van der Waals surface area contributed by atoms with Crippen LogP contribution in [0.4, 0.5) is 5.82 Å². The lowest BCUT2D eigenvalue weighted by molar-refractivity contribution is 0.262. The molecule has 2 heterocycles. The van der Waals surface area contributed by atoms with Crippen molar-refractivity contribution in [1.82, 2.24) is 9.97 Å². The van der Waals surface area contributed by atoms with Gasteiger partial charge in [-0.25, -0.2) is 4.98 Å². The molecule has 1 fully saturated rings. The second kappa shape index (κ2) is 7.07. The number of halogens is 1. The van der Waals surface area contributed by atoms with Gasteiger partial charge in [-0.3, -0.25) is 4.98 Å². The Bertz CT molecular complexity index is 633. The molecule has 116 valence electrons. The second-order valence-corrected chi connectivity index (χ2v) is 6.06. The van der Waals surface area contributed by atoms with Crippen molar-refractivity contribution in [3.05, 3.63) is 41.7 Å². The van der Waals surface area contributed by atoms with Gasteiger partial charge in [0.05, 0.1) is 18.1 Å². The Kier molecular flexibility index (Phi) is 4.90. The molecule has 1 N–H and O–H groups in total. The van der Waals surface area contributed by atoms with Crippen LogP contribution in [-0.2, 0) is 0 Å². The van der Waals surface area contributed by atoms with E-state index < -0.39 is 0 Å². The van der Waals surface area contributed by atoms with Gasteiger partial charge in [0, 0.05) is 29.8 Å². The van der Waals surface area contributed by atoms with Crippen LogP contribution in [0.1, 0.15) is 25.7 Å². The van der Waals surface area contributed by atoms with E-state index in [0.29, 0.717) is 11.1 Å². The van der Waals surface area contributed by atoms with Crippen molar-refractivity contribution in [2.24, 2.45) is 0 Å². The van der Waals surface area contributed by atoms with E-state index >= 15 is 0 Å². The van der Waals surface area contributed by atoms with E-state index in [1.165, 1.54) is 6.42 Å². The summed E-state index contributed by atoms with van der Waals surface area (Å²) in [6.07, 6.45) is 7.82. The number of aliphatic hydroxyl groups excluding tert-OH is 1. The lowest BCUT2D eigenvalue weighted by Crippen LogP contribution is -2.40. The van der Waals surface area contributed by atoms with Crippen LogP contribution in [0.3, 0.4) is 0 Å². The number of piperidine rings is 1. The molecule has 0 saturated carbocycles. The maximum atomic E-state index is 9.27. The fraction of sp³-hybridized carbons (Fsp3) is 0.412. The summed E-state index contributed by atoms with van der Waals surface area (Å²) < 4.78 is 0. The average Bonchev–Trinajstić information content (AvgIpc) is 2.56. The number of hydrogen-bond donors (Lipinski definition) is 1. The average molecular weight is 318 g/mol. The normalized spacial score (nSPS) is 18.5. The first-order chi connectivity index (χ1) is 10.8. The van der Waals surface area contributed by atoms with E-state index in [-0.39, 0.29) is 6.61 Å². The van der Waals surface area contributed by atoms with Crippen molar-refractivity contribution in [1.29, 1.82) is 0 Å². The molecule has 5 heteroatoms. The first-order valence-electron chi connectivity index (χ1n) is 7.73. The minimum absolute atomic E-state index is 0.211. The molecule has 1 aromatic carbocycles. The summed E-state index contributed by atoms with van der Waals surface area (Å²) in [5, 5.41) is 9.96. The number of anilines is 1. The van der Waals surface area contributed by atoms with Crippen molar-refractivity contribution in [3.8, 4) is 11.3 Å². The lowest BCUT2D eigenvalue weighted by Gasteiger charge is -2.36. The zero-order valence-corrected chi connectivity index (χ0v) is 13.2. The summed E-state index contributed by atoms with van der Waals surface area (Å²) in [4.78, 5) is 11.4. The minimum Gasteiger partial charge on any atom is -0.396 e. The Morgan fingerprint density at radius 1 is 1.27 bits per heavy atom. The van der Waals surface area contributed by atoms with Gasteiger partial charge in [0.2, 0.25) is 0 Å². The second-order valence-electron chi connectivity index (χ2n) is 5.63. The molecule has 1 aliphatic rings. The zero-order valence-electron chi connectivity index (χ0n) is 12.5. The van der Waals surface area contributed by atoms with Crippen molar-refractivity contribution in [2.75, 3.05) is 18.1 Å². The van der Waals surface area contributed by atoms with Crippen molar-refractivity contribution in [2.45, 2.75) is 31.7 Å². The molecule has 1 atom stereocenters. The Morgan fingerprint density at radius 3 is 3.00 bits per heavy atom. The summed E-state index contributed by atoms with van der Waals surface area (Å²) in [7, 11) is 0. The van der Waals surface area contributed by atoms with Gasteiger partial charge in [0.15, 0.2) is 0 Å². The molecule has 1 aliphatic heterocycles. The number of benzene rings is 1. The molecule has 0 bridgehead atoms. The number of nitrogens with zero attached hydrogens (tertiary/aromatic N) is 3. The fourth-order valence-electron chi connectivity index (χ4n) is 3.03. The number of hydrogen-bond acceptors (Lipinski definition) is 4. The summed E-state index contributed by atoms with van der Waals surface area (Å²) >= 11 is 6.06. The Balaban J connectivity index is 1.89. The maximum Gasteiger partial charge on any atom is 0.148 e. The van der Waals surface area contributed by atoms with Crippen molar-refractivity contribution >= 4 is 17.4 Å². The Hall–Kier alpha value is -1.65. The fourth-order valence-corrected chi connectivity index (χ4v) is 3.22. The van der Waals surface area contributed by atoms with E-state index in [1.807, 2.05) is 30.5 Å². The van der Waals surface area contributed by atoms with Crippen LogP contribution < -0.4 is 4.90 Å². The van der Waals surface area contributed by atoms with Crippen LogP contribution in [0, 0.1) is 0 Å². The van der Waals surface area contributed by atoms with Gasteiger partial charge < -0.3 is 10.0 Å². The first kappa shape index (κ1) is 15.3. The molecule has 0 amide bonds. The van der Waals surface area contributed by atoms with Crippen molar-refractivity contribution in [3.63, 3.8) is 0 Å². The topological polar surface area (TPSA) is 49.2 Å². The Labute approximate surface area is 135 Å². The largest absolute Gasteiger partial charge is 0.396 e. The molecular weight excluding hydrogens is 298 g/mol.